The van der Waals surface area contributed by atoms with Gasteiger partial charge in [0.05, 0.1) is 5.57 Å². The summed E-state index contributed by atoms with van der Waals surface area (Å²) in [6.45, 7) is 3.33. The number of hydrogen-bond acceptors (Lipinski definition) is 6. The molecule has 0 amide bonds. The molecule has 22 heavy (non-hydrogen) atoms. The highest BCUT2D eigenvalue weighted by Crippen LogP contribution is 2.43. The fraction of sp³-hybridized carbons (Fsp3) is 0.429. The average Bonchev–Trinajstić information content (AvgIpc) is 2.73. The molecule has 2 aliphatic rings. The van der Waals surface area contributed by atoms with Crippen LogP contribution in [0, 0.1) is 10.8 Å². The molecule has 0 bridgehead atoms. The number of hydrogen-bond donors (Lipinski definition) is 3. The number of fused-ring (bicyclic) bond motifs is 1. The lowest BCUT2D eigenvalue weighted by atomic mass is 9.88. The minimum atomic E-state index is -2.62. The van der Waals surface area contributed by atoms with Crippen molar-refractivity contribution in [3.63, 3.8) is 0 Å². The number of halogens is 2. The van der Waals surface area contributed by atoms with Crippen LogP contribution in [0.15, 0.2) is 11.9 Å². The van der Waals surface area contributed by atoms with Gasteiger partial charge in [0.25, 0.3) is 5.92 Å². The standard InChI is InChI=1S/C14H15F2N5O/c1-6(7(2)17)9-10-11(22-12(9)18)13(20-5-19-10)21-8-3-14(15,16)4-8/h5,8,17-18H,3-4H2,1-2H3,(H,19,20,21)/b9-6-,17-7?,18-12?. The van der Waals surface area contributed by atoms with E-state index in [1.54, 1.807) is 13.8 Å². The maximum Gasteiger partial charge on any atom is 0.252 e. The van der Waals surface area contributed by atoms with Gasteiger partial charge in [0.15, 0.2) is 11.6 Å². The maximum absolute atomic E-state index is 12.9. The monoisotopic (exact) mass is 307 g/mol. The Hall–Kier alpha value is -2.38. The van der Waals surface area contributed by atoms with E-state index in [-0.39, 0.29) is 30.5 Å². The molecule has 1 aliphatic carbocycles. The number of alkyl halides is 2. The van der Waals surface area contributed by atoms with Crippen molar-refractivity contribution in [3.8, 4) is 5.75 Å². The number of nitrogens with one attached hydrogen (secondary N) is 3. The summed E-state index contributed by atoms with van der Waals surface area (Å²) >= 11 is 0. The molecule has 2 heterocycles. The summed E-state index contributed by atoms with van der Waals surface area (Å²) in [6, 6.07) is -0.370. The highest BCUT2D eigenvalue weighted by atomic mass is 19.3. The minimum absolute atomic E-state index is 0.110. The van der Waals surface area contributed by atoms with Crippen LogP contribution in [0.3, 0.4) is 0 Å². The lowest BCUT2D eigenvalue weighted by Gasteiger charge is -2.35. The SMILES string of the molecule is CC(=N)/C(C)=C1\C(=N)Oc2c(NC3CC(F)(F)C3)ncnc21. The van der Waals surface area contributed by atoms with Gasteiger partial charge in [0.2, 0.25) is 5.90 Å². The van der Waals surface area contributed by atoms with Crippen LogP contribution in [0.25, 0.3) is 5.57 Å². The zero-order valence-corrected chi connectivity index (χ0v) is 12.1. The number of anilines is 1. The molecule has 0 unspecified atom stereocenters. The minimum Gasteiger partial charge on any atom is -0.433 e. The molecule has 0 spiro atoms. The van der Waals surface area contributed by atoms with Crippen LogP contribution in [0.1, 0.15) is 32.4 Å². The van der Waals surface area contributed by atoms with Crippen molar-refractivity contribution in [2.24, 2.45) is 0 Å². The van der Waals surface area contributed by atoms with Gasteiger partial charge >= 0.3 is 0 Å². The molecule has 1 aliphatic heterocycles. The third-order valence-corrected chi connectivity index (χ3v) is 3.84. The Morgan fingerprint density at radius 3 is 2.64 bits per heavy atom. The summed E-state index contributed by atoms with van der Waals surface area (Å²) in [5, 5.41) is 18.5. The first kappa shape index (κ1) is 14.6. The summed E-state index contributed by atoms with van der Waals surface area (Å²) in [6.07, 6.45) is 0.807. The van der Waals surface area contributed by atoms with Crippen LogP contribution in [0.2, 0.25) is 0 Å². The largest absolute Gasteiger partial charge is 0.433 e. The van der Waals surface area contributed by atoms with Gasteiger partial charge < -0.3 is 15.5 Å². The summed E-state index contributed by atoms with van der Waals surface area (Å²) < 4.78 is 31.2. The van der Waals surface area contributed by atoms with Crippen molar-refractivity contribution < 1.29 is 13.5 Å². The molecule has 3 N–H and O–H groups in total. The van der Waals surface area contributed by atoms with E-state index in [2.05, 4.69) is 15.3 Å². The smallest absolute Gasteiger partial charge is 0.252 e. The summed E-state index contributed by atoms with van der Waals surface area (Å²) in [5.74, 6) is -2.17. The molecule has 0 atom stereocenters. The van der Waals surface area contributed by atoms with Gasteiger partial charge in [0.1, 0.15) is 12.0 Å². The van der Waals surface area contributed by atoms with E-state index in [1.165, 1.54) is 6.33 Å². The Morgan fingerprint density at radius 2 is 2.05 bits per heavy atom. The van der Waals surface area contributed by atoms with E-state index in [4.69, 9.17) is 15.6 Å². The lowest BCUT2D eigenvalue weighted by molar-refractivity contribution is -0.0794. The maximum atomic E-state index is 12.9. The third kappa shape index (κ3) is 2.34. The topological polar surface area (TPSA) is 94.7 Å². The second-order valence-corrected chi connectivity index (χ2v) is 5.56. The predicted molar refractivity (Wildman–Crippen MR) is 78.0 cm³/mol. The predicted octanol–water partition coefficient (Wildman–Crippen LogP) is 2.87. The molecule has 1 aromatic heterocycles. The number of allylic oxidation sites excluding steroid dienone is 1. The first-order chi connectivity index (χ1) is 10.3. The molecule has 1 fully saturated rings. The normalized spacial score (nSPS) is 21.7. The van der Waals surface area contributed by atoms with Crippen LogP contribution in [-0.2, 0) is 0 Å². The summed E-state index contributed by atoms with van der Waals surface area (Å²) in [7, 11) is 0. The van der Waals surface area contributed by atoms with Crippen molar-refractivity contribution in [1.82, 2.24) is 9.97 Å². The Kier molecular flexibility index (Phi) is 3.19. The molecule has 1 saturated carbocycles. The van der Waals surface area contributed by atoms with Crippen LogP contribution in [0.5, 0.6) is 5.75 Å². The number of aromatic nitrogens is 2. The van der Waals surface area contributed by atoms with E-state index in [0.717, 1.165) is 0 Å². The first-order valence-corrected chi connectivity index (χ1v) is 6.81. The fourth-order valence-electron chi connectivity index (χ4n) is 2.50. The Labute approximate surface area is 125 Å². The highest BCUT2D eigenvalue weighted by Gasteiger charge is 2.46. The molecule has 3 rings (SSSR count). The Bertz CT molecular complexity index is 705. The quantitative estimate of drug-likeness (QED) is 0.748. The molecular weight excluding hydrogens is 292 g/mol. The number of ether oxygens (including phenoxy) is 1. The zero-order chi connectivity index (χ0) is 16.1. The van der Waals surface area contributed by atoms with Crippen molar-refractivity contribution in [3.05, 3.63) is 17.6 Å². The first-order valence-electron chi connectivity index (χ1n) is 6.81. The van der Waals surface area contributed by atoms with Crippen molar-refractivity contribution in [1.29, 1.82) is 10.8 Å². The van der Waals surface area contributed by atoms with Gasteiger partial charge in [-0.25, -0.2) is 18.7 Å². The fourth-order valence-corrected chi connectivity index (χ4v) is 2.50. The van der Waals surface area contributed by atoms with E-state index >= 15 is 0 Å². The Morgan fingerprint density at radius 1 is 1.36 bits per heavy atom. The molecule has 0 radical (unpaired) electrons. The van der Waals surface area contributed by atoms with Crippen LogP contribution >= 0.6 is 0 Å². The van der Waals surface area contributed by atoms with Gasteiger partial charge in [-0.1, -0.05) is 0 Å². The van der Waals surface area contributed by atoms with Crippen molar-refractivity contribution in [2.45, 2.75) is 38.7 Å². The molecule has 6 nitrogen and oxygen atoms in total. The van der Waals surface area contributed by atoms with E-state index in [1.807, 2.05) is 0 Å². The summed E-state index contributed by atoms with van der Waals surface area (Å²) in [5.41, 5.74) is 1.75. The highest BCUT2D eigenvalue weighted by molar-refractivity contribution is 6.28. The average molecular weight is 307 g/mol. The summed E-state index contributed by atoms with van der Waals surface area (Å²) in [4.78, 5) is 8.14. The molecule has 116 valence electrons. The number of nitrogens with zero attached hydrogens (tertiary/aromatic N) is 2. The van der Waals surface area contributed by atoms with Gasteiger partial charge in [-0.2, -0.15) is 0 Å². The van der Waals surface area contributed by atoms with E-state index < -0.39 is 5.92 Å². The van der Waals surface area contributed by atoms with E-state index in [0.29, 0.717) is 28.4 Å². The van der Waals surface area contributed by atoms with E-state index in [9.17, 15) is 8.78 Å². The van der Waals surface area contributed by atoms with Crippen molar-refractivity contribution >= 4 is 23.0 Å². The van der Waals surface area contributed by atoms with Crippen LogP contribution in [0.4, 0.5) is 14.6 Å². The van der Waals surface area contributed by atoms with Crippen LogP contribution in [-0.4, -0.2) is 33.5 Å². The third-order valence-electron chi connectivity index (χ3n) is 3.84. The van der Waals surface area contributed by atoms with Gasteiger partial charge in [-0.3, -0.25) is 5.41 Å². The molecule has 8 heteroatoms. The molecule has 1 aromatic rings. The molecule has 0 saturated heterocycles. The molecule has 0 aromatic carbocycles. The van der Waals surface area contributed by atoms with Gasteiger partial charge in [-0.15, -0.1) is 0 Å². The Balaban J connectivity index is 1.94. The lowest BCUT2D eigenvalue weighted by Crippen LogP contribution is -2.44. The van der Waals surface area contributed by atoms with Crippen LogP contribution < -0.4 is 10.1 Å². The van der Waals surface area contributed by atoms with Crippen molar-refractivity contribution in [2.75, 3.05) is 5.32 Å². The second-order valence-electron chi connectivity index (χ2n) is 5.56. The molecular formula is C14H15F2N5O. The van der Waals surface area contributed by atoms with Gasteiger partial charge in [0, 0.05) is 24.6 Å². The zero-order valence-electron chi connectivity index (χ0n) is 12.1. The number of rotatable bonds is 3. The van der Waals surface area contributed by atoms with Gasteiger partial charge in [-0.05, 0) is 19.4 Å². The second kappa shape index (κ2) is 4.82.